The Labute approximate surface area is 186 Å². The molecule has 2 aromatic rings. The van der Waals surface area contributed by atoms with Crippen molar-refractivity contribution in [2.75, 3.05) is 38.7 Å². The maximum atomic E-state index is 13.1. The number of aromatic nitrogens is 2. The van der Waals surface area contributed by atoms with Gasteiger partial charge < -0.3 is 14.8 Å². The molecule has 1 N–H and O–H groups in total. The fourth-order valence-electron chi connectivity index (χ4n) is 3.40. The lowest BCUT2D eigenvalue weighted by atomic mass is 10.1. The Bertz CT molecular complexity index is 999. The molecule has 2 heterocycles. The summed E-state index contributed by atoms with van der Waals surface area (Å²) in [7, 11) is -2.33. The van der Waals surface area contributed by atoms with E-state index in [1.807, 2.05) is 0 Å². The number of amides is 1. The molecule has 1 aromatic carbocycles. The number of nitrogens with one attached hydrogen (secondary N) is 1. The van der Waals surface area contributed by atoms with Gasteiger partial charge in [-0.2, -0.15) is 4.31 Å². The van der Waals surface area contributed by atoms with E-state index in [0.717, 1.165) is 17.8 Å². The zero-order valence-electron chi connectivity index (χ0n) is 18.0. The topological polar surface area (TPSA) is 111 Å². The zero-order valence-corrected chi connectivity index (χ0v) is 19.6. The van der Waals surface area contributed by atoms with E-state index in [-0.39, 0.29) is 36.1 Å². The largest absolute Gasteiger partial charge is 0.495 e. The van der Waals surface area contributed by atoms with Gasteiger partial charge in [0.1, 0.15) is 15.7 Å². The number of morpholine rings is 1. The quantitative estimate of drug-likeness (QED) is 0.602. The molecule has 1 aliphatic rings. The van der Waals surface area contributed by atoms with Gasteiger partial charge in [0.15, 0.2) is 0 Å². The Kier molecular flexibility index (Phi) is 7.98. The van der Waals surface area contributed by atoms with Crippen molar-refractivity contribution in [3.05, 3.63) is 28.8 Å². The molecule has 0 bridgehead atoms. The van der Waals surface area contributed by atoms with Gasteiger partial charge in [-0.05, 0) is 30.5 Å². The molecule has 1 aliphatic heterocycles. The van der Waals surface area contributed by atoms with Gasteiger partial charge in [0.05, 0.1) is 26.7 Å². The molecule has 0 radical (unpaired) electrons. The van der Waals surface area contributed by atoms with Crippen molar-refractivity contribution in [2.24, 2.45) is 0 Å². The molecule has 0 spiro atoms. The third-order valence-electron chi connectivity index (χ3n) is 5.20. The third kappa shape index (κ3) is 5.59. The van der Waals surface area contributed by atoms with Gasteiger partial charge >= 0.3 is 0 Å². The first kappa shape index (κ1) is 23.6. The number of ether oxygens (including phenoxy) is 2. The van der Waals surface area contributed by atoms with Gasteiger partial charge in [-0.15, -0.1) is 10.2 Å². The van der Waals surface area contributed by atoms with Crippen LogP contribution in [0.15, 0.2) is 23.1 Å². The maximum Gasteiger partial charge on any atom is 0.246 e. The van der Waals surface area contributed by atoms with Gasteiger partial charge in [0.2, 0.25) is 21.1 Å². The molecule has 0 aliphatic carbocycles. The highest BCUT2D eigenvalue weighted by Crippen LogP contribution is 2.30. The van der Waals surface area contributed by atoms with Crippen molar-refractivity contribution in [1.29, 1.82) is 0 Å². The van der Waals surface area contributed by atoms with Crippen LogP contribution in [0.4, 0.5) is 5.13 Å². The summed E-state index contributed by atoms with van der Waals surface area (Å²) >= 11 is 1.37. The number of anilines is 1. The van der Waals surface area contributed by atoms with Gasteiger partial charge in [0.25, 0.3) is 0 Å². The number of carbonyl (C=O) groups is 1. The number of rotatable bonds is 9. The Balaban J connectivity index is 1.75. The van der Waals surface area contributed by atoms with E-state index >= 15 is 0 Å². The summed E-state index contributed by atoms with van der Waals surface area (Å²) in [6.07, 6.45) is 1.94. The highest BCUT2D eigenvalue weighted by atomic mass is 32.2. The first-order valence-corrected chi connectivity index (χ1v) is 12.5. The molecule has 1 saturated heterocycles. The number of benzene rings is 1. The van der Waals surface area contributed by atoms with E-state index in [9.17, 15) is 13.2 Å². The molecule has 0 saturated carbocycles. The van der Waals surface area contributed by atoms with E-state index in [4.69, 9.17) is 9.47 Å². The summed E-state index contributed by atoms with van der Waals surface area (Å²) in [4.78, 5) is 12.6. The number of carbonyl (C=O) groups excluding carboxylic acids is 1. The normalized spacial score (nSPS) is 15.2. The number of sulfonamides is 1. The fourth-order valence-corrected chi connectivity index (χ4v) is 6.04. The molecule has 3 rings (SSSR count). The van der Waals surface area contributed by atoms with E-state index in [2.05, 4.69) is 29.4 Å². The summed E-state index contributed by atoms with van der Waals surface area (Å²) in [5, 5.41) is 12.4. The number of hydrogen-bond donors (Lipinski definition) is 1. The van der Waals surface area contributed by atoms with Crippen molar-refractivity contribution < 1.29 is 22.7 Å². The predicted molar refractivity (Wildman–Crippen MR) is 118 cm³/mol. The maximum absolute atomic E-state index is 13.1. The average Bonchev–Trinajstić information content (AvgIpc) is 3.23. The van der Waals surface area contributed by atoms with E-state index in [1.165, 1.54) is 28.8 Å². The van der Waals surface area contributed by atoms with Crippen LogP contribution in [0.25, 0.3) is 0 Å². The van der Waals surface area contributed by atoms with Crippen LogP contribution in [-0.2, 0) is 26.0 Å². The van der Waals surface area contributed by atoms with Gasteiger partial charge in [-0.3, -0.25) is 4.79 Å². The standard InChI is InChI=1S/C20H28N4O5S2/c1-4-15(5-2)19-22-23-20(30-19)21-18(25)13-14-6-7-16(28-3)17(12-14)31(26,27)24-8-10-29-11-9-24/h6-7,12,15H,4-5,8-11,13H2,1-3H3,(H,21,23,25). The molecule has 1 amide bonds. The lowest BCUT2D eigenvalue weighted by molar-refractivity contribution is -0.115. The van der Waals surface area contributed by atoms with Crippen molar-refractivity contribution in [3.8, 4) is 5.75 Å². The molecule has 1 fully saturated rings. The predicted octanol–water partition coefficient (Wildman–Crippen LogP) is 2.65. The van der Waals surface area contributed by atoms with Crippen LogP contribution >= 0.6 is 11.3 Å². The van der Waals surface area contributed by atoms with Crippen molar-refractivity contribution in [3.63, 3.8) is 0 Å². The molecule has 1 aromatic heterocycles. The molecular formula is C20H28N4O5S2. The van der Waals surface area contributed by atoms with Crippen LogP contribution in [0.1, 0.15) is 43.2 Å². The van der Waals surface area contributed by atoms with Crippen LogP contribution in [0.5, 0.6) is 5.75 Å². The number of methoxy groups -OCH3 is 1. The molecule has 0 atom stereocenters. The molecule has 11 heteroatoms. The van der Waals surface area contributed by atoms with Crippen LogP contribution in [0, 0.1) is 0 Å². The Morgan fingerprint density at radius 1 is 1.26 bits per heavy atom. The lowest BCUT2D eigenvalue weighted by Gasteiger charge is -2.26. The monoisotopic (exact) mass is 468 g/mol. The lowest BCUT2D eigenvalue weighted by Crippen LogP contribution is -2.40. The molecule has 9 nitrogen and oxygen atoms in total. The van der Waals surface area contributed by atoms with E-state index in [1.54, 1.807) is 12.1 Å². The minimum Gasteiger partial charge on any atom is -0.495 e. The van der Waals surface area contributed by atoms with Crippen molar-refractivity contribution in [2.45, 2.75) is 43.9 Å². The summed E-state index contributed by atoms with van der Waals surface area (Å²) in [5.41, 5.74) is 0.565. The highest BCUT2D eigenvalue weighted by Gasteiger charge is 2.29. The van der Waals surface area contributed by atoms with Crippen LogP contribution < -0.4 is 10.1 Å². The Morgan fingerprint density at radius 3 is 2.61 bits per heavy atom. The molecular weight excluding hydrogens is 440 g/mol. The second-order valence-electron chi connectivity index (χ2n) is 7.19. The first-order chi connectivity index (χ1) is 14.9. The van der Waals surface area contributed by atoms with Crippen molar-refractivity contribution >= 4 is 32.4 Å². The fraction of sp³-hybridized carbons (Fsp3) is 0.550. The van der Waals surface area contributed by atoms with Gasteiger partial charge in [0, 0.05) is 19.0 Å². The van der Waals surface area contributed by atoms with Gasteiger partial charge in [-0.25, -0.2) is 8.42 Å². The minimum absolute atomic E-state index is 0.00945. The average molecular weight is 469 g/mol. The van der Waals surface area contributed by atoms with Crippen LogP contribution in [0.3, 0.4) is 0 Å². The summed E-state index contributed by atoms with van der Waals surface area (Å²) in [6, 6.07) is 4.76. The zero-order chi connectivity index (χ0) is 22.4. The molecule has 170 valence electrons. The second kappa shape index (κ2) is 10.5. The smallest absolute Gasteiger partial charge is 0.246 e. The van der Waals surface area contributed by atoms with Gasteiger partial charge in [-0.1, -0.05) is 31.3 Å². The number of hydrogen-bond acceptors (Lipinski definition) is 8. The minimum atomic E-state index is -3.76. The van der Waals surface area contributed by atoms with Crippen LogP contribution in [-0.4, -0.2) is 62.2 Å². The number of nitrogens with zero attached hydrogens (tertiary/aromatic N) is 3. The summed E-state index contributed by atoms with van der Waals surface area (Å²) in [5.74, 6) is 0.291. The highest BCUT2D eigenvalue weighted by molar-refractivity contribution is 7.89. The first-order valence-electron chi connectivity index (χ1n) is 10.3. The van der Waals surface area contributed by atoms with Crippen molar-refractivity contribution in [1.82, 2.24) is 14.5 Å². The molecule has 31 heavy (non-hydrogen) atoms. The van der Waals surface area contributed by atoms with E-state index in [0.29, 0.717) is 29.8 Å². The summed E-state index contributed by atoms with van der Waals surface area (Å²) in [6.45, 7) is 5.47. The van der Waals surface area contributed by atoms with E-state index < -0.39 is 10.0 Å². The summed E-state index contributed by atoms with van der Waals surface area (Å²) < 4.78 is 38.1. The second-order valence-corrected chi connectivity index (χ2v) is 10.1. The Hall–Kier alpha value is -2.08. The van der Waals surface area contributed by atoms with Crippen LogP contribution in [0.2, 0.25) is 0 Å². The molecule has 0 unspecified atom stereocenters. The third-order valence-corrected chi connectivity index (χ3v) is 8.12. The Morgan fingerprint density at radius 2 is 1.97 bits per heavy atom. The SMILES string of the molecule is CCC(CC)c1nnc(NC(=O)Cc2ccc(OC)c(S(=O)(=O)N3CCOCC3)c2)s1.